The molecule has 4 nitrogen and oxygen atoms in total. The number of hydrogen-bond acceptors (Lipinski definition) is 4. The molecule has 0 unspecified atom stereocenters. The maximum atomic E-state index is 4.81. The summed E-state index contributed by atoms with van der Waals surface area (Å²) in [6.07, 6.45) is 1.05. The average molecular weight is 399 g/mol. The van der Waals surface area contributed by atoms with Crippen LogP contribution in [-0.4, -0.2) is 26.3 Å². The van der Waals surface area contributed by atoms with E-state index in [4.69, 9.17) is 5.10 Å². The largest absolute Gasteiger partial charge is 0.212 e. The Hall–Kier alpha value is -1.92. The summed E-state index contributed by atoms with van der Waals surface area (Å²) in [5.41, 5.74) is 4.54. The number of halogens is 1. The van der Waals surface area contributed by atoms with Gasteiger partial charge in [-0.3, -0.25) is 0 Å². The molecule has 0 fully saturated rings. The second-order valence-corrected chi connectivity index (χ2v) is 7.37. The molecule has 1 aliphatic heterocycles. The summed E-state index contributed by atoms with van der Waals surface area (Å²) in [6, 6.07) is 16.7. The predicted molar refractivity (Wildman–Crippen MR) is 102 cm³/mol. The van der Waals surface area contributed by atoms with Gasteiger partial charge >= 0.3 is 0 Å². The number of aryl methyl sites for hydroxylation is 1. The second kappa shape index (κ2) is 6.53. The lowest BCUT2D eigenvalue weighted by Gasteiger charge is -2.14. The third kappa shape index (κ3) is 2.91. The molecule has 0 radical (unpaired) electrons. The zero-order chi connectivity index (χ0) is 16.5. The van der Waals surface area contributed by atoms with Gasteiger partial charge in [-0.05, 0) is 29.7 Å². The van der Waals surface area contributed by atoms with Gasteiger partial charge in [0.2, 0.25) is 5.16 Å². The molecule has 6 heteroatoms. The maximum Gasteiger partial charge on any atom is 0.212 e. The highest BCUT2D eigenvalue weighted by molar-refractivity contribution is 9.10. The van der Waals surface area contributed by atoms with E-state index in [1.54, 1.807) is 11.8 Å². The summed E-state index contributed by atoms with van der Waals surface area (Å²) in [7, 11) is 0. The van der Waals surface area contributed by atoms with Gasteiger partial charge in [-0.25, -0.2) is 0 Å². The highest BCUT2D eigenvalue weighted by Crippen LogP contribution is 2.29. The van der Waals surface area contributed by atoms with Crippen LogP contribution in [-0.2, 0) is 6.42 Å². The number of thioether (sulfide) groups is 1. The lowest BCUT2D eigenvalue weighted by Crippen LogP contribution is -2.13. The molecule has 0 saturated carbocycles. The third-order valence-electron chi connectivity index (χ3n) is 3.97. The van der Waals surface area contributed by atoms with Crippen molar-refractivity contribution >= 4 is 33.4 Å². The van der Waals surface area contributed by atoms with E-state index in [-0.39, 0.29) is 0 Å². The Labute approximate surface area is 153 Å². The Morgan fingerprint density at radius 3 is 2.42 bits per heavy atom. The van der Waals surface area contributed by atoms with Gasteiger partial charge in [0.15, 0.2) is 5.82 Å². The van der Waals surface area contributed by atoms with Crippen molar-refractivity contribution < 1.29 is 0 Å². The van der Waals surface area contributed by atoms with E-state index in [0.29, 0.717) is 0 Å². The molecule has 0 spiro atoms. The Morgan fingerprint density at radius 2 is 1.71 bits per heavy atom. The van der Waals surface area contributed by atoms with Crippen LogP contribution in [0, 0.1) is 0 Å². The molecule has 2 aromatic carbocycles. The first-order valence-corrected chi connectivity index (χ1v) is 9.54. The minimum Gasteiger partial charge on any atom is -0.187 e. The first kappa shape index (κ1) is 15.6. The predicted octanol–water partition coefficient (Wildman–Crippen LogP) is 4.63. The summed E-state index contributed by atoms with van der Waals surface area (Å²) in [6.45, 7) is 2.16. The SMILES string of the molecule is CCc1ccc(C2=Nn3c(nnc3-c3ccc(Br)cc3)SC2)cc1. The van der Waals surface area contributed by atoms with Crippen molar-refractivity contribution in [2.75, 3.05) is 5.75 Å². The van der Waals surface area contributed by atoms with Crippen LogP contribution in [0.25, 0.3) is 11.4 Å². The lowest BCUT2D eigenvalue weighted by atomic mass is 10.1. The number of rotatable bonds is 3. The summed E-state index contributed by atoms with van der Waals surface area (Å²) in [5.74, 6) is 1.58. The molecule has 0 N–H and O–H groups in total. The van der Waals surface area contributed by atoms with E-state index in [0.717, 1.165) is 44.5 Å². The van der Waals surface area contributed by atoms with Crippen LogP contribution in [0.2, 0.25) is 0 Å². The summed E-state index contributed by atoms with van der Waals surface area (Å²) >= 11 is 5.13. The van der Waals surface area contributed by atoms with Crippen molar-refractivity contribution in [1.82, 2.24) is 14.9 Å². The van der Waals surface area contributed by atoms with Gasteiger partial charge in [0.25, 0.3) is 0 Å². The van der Waals surface area contributed by atoms with E-state index < -0.39 is 0 Å². The summed E-state index contributed by atoms with van der Waals surface area (Å²) in [4.78, 5) is 0. The van der Waals surface area contributed by atoms with Crippen LogP contribution in [0.15, 0.2) is 63.3 Å². The Bertz CT molecular complexity index is 898. The van der Waals surface area contributed by atoms with Crippen molar-refractivity contribution in [3.05, 3.63) is 64.1 Å². The number of fused-ring (bicyclic) bond motifs is 1. The topological polar surface area (TPSA) is 43.1 Å². The van der Waals surface area contributed by atoms with Crippen molar-refractivity contribution in [1.29, 1.82) is 0 Å². The van der Waals surface area contributed by atoms with Gasteiger partial charge in [-0.15, -0.1) is 10.2 Å². The minimum atomic E-state index is 0.771. The third-order valence-corrected chi connectivity index (χ3v) is 5.43. The molecule has 0 amide bonds. The van der Waals surface area contributed by atoms with Gasteiger partial charge < -0.3 is 0 Å². The summed E-state index contributed by atoms with van der Waals surface area (Å²) < 4.78 is 2.89. The first-order valence-electron chi connectivity index (χ1n) is 7.76. The number of nitrogens with zero attached hydrogens (tertiary/aromatic N) is 4. The van der Waals surface area contributed by atoms with E-state index in [1.807, 2.05) is 28.9 Å². The number of hydrogen-bond donors (Lipinski definition) is 0. The normalized spacial score (nSPS) is 13.5. The molecule has 0 saturated heterocycles. The minimum absolute atomic E-state index is 0.771. The van der Waals surface area contributed by atoms with Gasteiger partial charge in [0.1, 0.15) is 0 Å². The highest BCUT2D eigenvalue weighted by Gasteiger charge is 2.20. The van der Waals surface area contributed by atoms with E-state index >= 15 is 0 Å². The molecule has 0 atom stereocenters. The van der Waals surface area contributed by atoms with Gasteiger partial charge in [0, 0.05) is 15.8 Å². The molecule has 24 heavy (non-hydrogen) atoms. The van der Waals surface area contributed by atoms with Gasteiger partial charge in [-0.1, -0.05) is 71.0 Å². The monoisotopic (exact) mass is 398 g/mol. The van der Waals surface area contributed by atoms with Crippen molar-refractivity contribution in [2.24, 2.45) is 5.10 Å². The average Bonchev–Trinajstić information content (AvgIpc) is 3.05. The quantitative estimate of drug-likeness (QED) is 0.645. The summed E-state index contributed by atoms with van der Waals surface area (Å²) in [5, 5.41) is 14.2. The Morgan fingerprint density at radius 1 is 1.00 bits per heavy atom. The van der Waals surface area contributed by atoms with Crippen molar-refractivity contribution in [3.63, 3.8) is 0 Å². The van der Waals surface area contributed by atoms with E-state index in [1.165, 1.54) is 5.56 Å². The number of benzene rings is 2. The molecule has 120 valence electrons. The molecule has 1 aliphatic rings. The smallest absolute Gasteiger partial charge is 0.187 e. The zero-order valence-electron chi connectivity index (χ0n) is 13.1. The lowest BCUT2D eigenvalue weighted by molar-refractivity contribution is 0.762. The van der Waals surface area contributed by atoms with E-state index in [9.17, 15) is 0 Å². The second-order valence-electron chi connectivity index (χ2n) is 5.51. The molecule has 3 aromatic rings. The van der Waals surface area contributed by atoms with Crippen LogP contribution < -0.4 is 0 Å². The van der Waals surface area contributed by atoms with Crippen LogP contribution in [0.1, 0.15) is 18.1 Å². The van der Waals surface area contributed by atoms with Crippen LogP contribution in [0.4, 0.5) is 0 Å². The molecule has 2 heterocycles. The van der Waals surface area contributed by atoms with Crippen LogP contribution in [0.5, 0.6) is 0 Å². The van der Waals surface area contributed by atoms with Gasteiger partial charge in [0.05, 0.1) is 5.71 Å². The Kier molecular flexibility index (Phi) is 4.24. The van der Waals surface area contributed by atoms with E-state index in [2.05, 4.69) is 57.3 Å². The molecule has 1 aromatic heterocycles. The fourth-order valence-electron chi connectivity index (χ4n) is 2.58. The van der Waals surface area contributed by atoms with Gasteiger partial charge in [-0.2, -0.15) is 9.78 Å². The van der Waals surface area contributed by atoms with Crippen molar-refractivity contribution in [3.8, 4) is 11.4 Å². The molecule has 4 rings (SSSR count). The highest BCUT2D eigenvalue weighted by atomic mass is 79.9. The first-order chi connectivity index (χ1) is 11.7. The van der Waals surface area contributed by atoms with Crippen LogP contribution in [0.3, 0.4) is 0 Å². The standard InChI is InChI=1S/C18H15BrN4S/c1-2-12-3-5-13(6-4-12)16-11-24-18-21-20-17(23(18)22-16)14-7-9-15(19)10-8-14/h3-10H,2,11H2,1H3. The zero-order valence-corrected chi connectivity index (χ0v) is 15.5. The fourth-order valence-corrected chi connectivity index (χ4v) is 3.68. The van der Waals surface area contributed by atoms with Crippen molar-refractivity contribution in [2.45, 2.75) is 18.5 Å². The fraction of sp³-hybridized carbons (Fsp3) is 0.167. The Balaban J connectivity index is 1.74. The molecular formula is C18H15BrN4S. The van der Waals surface area contributed by atoms with Crippen LogP contribution >= 0.6 is 27.7 Å². The molecular weight excluding hydrogens is 384 g/mol. The number of aromatic nitrogens is 3. The maximum absolute atomic E-state index is 4.81. The molecule has 0 aliphatic carbocycles. The molecule has 0 bridgehead atoms.